The summed E-state index contributed by atoms with van der Waals surface area (Å²) in [6, 6.07) is 15.3. The first-order valence-corrected chi connectivity index (χ1v) is 9.72. The van der Waals surface area contributed by atoms with E-state index in [1.807, 2.05) is 37.3 Å². The van der Waals surface area contributed by atoms with Gasteiger partial charge in [0.15, 0.2) is 9.84 Å². The minimum absolute atomic E-state index is 0.128. The molecule has 1 atom stereocenters. The first-order valence-electron chi connectivity index (χ1n) is 7.83. The fourth-order valence-electron chi connectivity index (χ4n) is 2.64. The van der Waals surface area contributed by atoms with Crippen LogP contribution < -0.4 is 0 Å². The second kappa shape index (κ2) is 6.37. The zero-order chi connectivity index (χ0) is 18.2. The molecule has 0 fully saturated rings. The summed E-state index contributed by atoms with van der Waals surface area (Å²) >= 11 is 0. The number of carbonyl (C=O) groups is 1. The van der Waals surface area contributed by atoms with E-state index < -0.39 is 9.84 Å². The molecule has 5 nitrogen and oxygen atoms in total. The summed E-state index contributed by atoms with van der Waals surface area (Å²) in [5.74, 6) is 0.412. The SMILES string of the molecule is CC(c1cc2ccccc2o1)N(C)C(=O)c1cccc(S(C)(=O)=O)c1. The van der Waals surface area contributed by atoms with E-state index in [4.69, 9.17) is 4.42 Å². The second-order valence-electron chi connectivity index (χ2n) is 6.08. The largest absolute Gasteiger partial charge is 0.459 e. The van der Waals surface area contributed by atoms with Crippen LogP contribution in [0, 0.1) is 0 Å². The van der Waals surface area contributed by atoms with Crippen LogP contribution in [0.4, 0.5) is 0 Å². The van der Waals surface area contributed by atoms with Crippen LogP contribution in [0.1, 0.15) is 29.1 Å². The van der Waals surface area contributed by atoms with Gasteiger partial charge in [0.2, 0.25) is 0 Å². The molecule has 0 spiro atoms. The standard InChI is InChI=1S/C19H19NO4S/c1-13(18-12-14-7-4-5-10-17(14)24-18)20(2)19(21)15-8-6-9-16(11-15)25(3,22)23/h4-13H,1-3H3. The van der Waals surface area contributed by atoms with Crippen molar-refractivity contribution in [1.82, 2.24) is 4.90 Å². The highest BCUT2D eigenvalue weighted by Gasteiger charge is 2.22. The maximum absolute atomic E-state index is 12.7. The van der Waals surface area contributed by atoms with Crippen molar-refractivity contribution >= 4 is 26.7 Å². The highest BCUT2D eigenvalue weighted by molar-refractivity contribution is 7.90. The van der Waals surface area contributed by atoms with Gasteiger partial charge in [0.05, 0.1) is 10.9 Å². The Balaban J connectivity index is 1.89. The number of benzene rings is 2. The van der Waals surface area contributed by atoms with Crippen molar-refractivity contribution in [2.45, 2.75) is 17.9 Å². The zero-order valence-corrected chi connectivity index (χ0v) is 15.1. The lowest BCUT2D eigenvalue weighted by atomic mass is 10.1. The summed E-state index contributed by atoms with van der Waals surface area (Å²) in [4.78, 5) is 14.4. The predicted molar refractivity (Wildman–Crippen MR) is 96.3 cm³/mol. The molecular formula is C19H19NO4S. The fourth-order valence-corrected chi connectivity index (χ4v) is 3.31. The molecule has 0 bridgehead atoms. The van der Waals surface area contributed by atoms with Gasteiger partial charge in [-0.1, -0.05) is 24.3 Å². The van der Waals surface area contributed by atoms with Gasteiger partial charge in [0.25, 0.3) is 5.91 Å². The lowest BCUT2D eigenvalue weighted by Gasteiger charge is -2.23. The minimum Gasteiger partial charge on any atom is -0.459 e. The topological polar surface area (TPSA) is 67.6 Å². The summed E-state index contributed by atoms with van der Waals surface area (Å²) in [6.45, 7) is 1.87. The molecule has 2 aromatic carbocycles. The van der Waals surface area contributed by atoms with Crippen molar-refractivity contribution < 1.29 is 17.6 Å². The minimum atomic E-state index is -3.36. The van der Waals surface area contributed by atoms with Crippen LogP contribution in [0.15, 0.2) is 63.9 Å². The molecule has 1 amide bonds. The molecule has 0 aliphatic heterocycles. The molecule has 0 radical (unpaired) electrons. The molecule has 1 unspecified atom stereocenters. The molecule has 0 aliphatic carbocycles. The summed E-state index contributed by atoms with van der Waals surface area (Å²) < 4.78 is 29.2. The van der Waals surface area contributed by atoms with Crippen LogP contribution in [-0.4, -0.2) is 32.5 Å². The van der Waals surface area contributed by atoms with Crippen LogP contribution >= 0.6 is 0 Å². The number of furan rings is 1. The lowest BCUT2D eigenvalue weighted by molar-refractivity contribution is 0.0727. The molecular weight excluding hydrogens is 338 g/mol. The Labute approximate surface area is 146 Å². The third-order valence-electron chi connectivity index (χ3n) is 4.27. The molecule has 1 aromatic heterocycles. The Bertz CT molecular complexity index is 1000. The molecule has 25 heavy (non-hydrogen) atoms. The van der Waals surface area contributed by atoms with Crippen LogP contribution in [-0.2, 0) is 9.84 Å². The Kier molecular flexibility index (Phi) is 4.39. The van der Waals surface area contributed by atoms with E-state index in [0.717, 1.165) is 17.2 Å². The van der Waals surface area contributed by atoms with Gasteiger partial charge in [-0.15, -0.1) is 0 Å². The third kappa shape index (κ3) is 3.44. The fraction of sp³-hybridized carbons (Fsp3) is 0.211. The highest BCUT2D eigenvalue weighted by atomic mass is 32.2. The summed E-state index contributed by atoms with van der Waals surface area (Å²) in [5, 5.41) is 0.976. The molecule has 0 N–H and O–H groups in total. The van der Waals surface area contributed by atoms with Gasteiger partial charge in [0.1, 0.15) is 11.3 Å². The number of carbonyl (C=O) groups excluding carboxylic acids is 1. The Morgan fingerprint density at radius 3 is 2.48 bits per heavy atom. The van der Waals surface area contributed by atoms with Crippen molar-refractivity contribution in [1.29, 1.82) is 0 Å². The quantitative estimate of drug-likeness (QED) is 0.714. The van der Waals surface area contributed by atoms with Crippen molar-refractivity contribution in [2.75, 3.05) is 13.3 Å². The van der Waals surface area contributed by atoms with Crippen LogP contribution in [0.5, 0.6) is 0 Å². The predicted octanol–water partition coefficient (Wildman–Crippen LogP) is 3.67. The van der Waals surface area contributed by atoms with E-state index >= 15 is 0 Å². The van der Waals surface area contributed by atoms with E-state index in [0.29, 0.717) is 11.3 Å². The normalized spacial score (nSPS) is 12.9. The van der Waals surface area contributed by atoms with Gasteiger partial charge >= 0.3 is 0 Å². The lowest BCUT2D eigenvalue weighted by Crippen LogP contribution is -2.29. The van der Waals surface area contributed by atoms with Gasteiger partial charge in [-0.2, -0.15) is 0 Å². The van der Waals surface area contributed by atoms with Crippen LogP contribution in [0.3, 0.4) is 0 Å². The van der Waals surface area contributed by atoms with Crippen molar-refractivity contribution in [2.24, 2.45) is 0 Å². The number of rotatable bonds is 4. The van der Waals surface area contributed by atoms with Gasteiger partial charge in [-0.05, 0) is 37.3 Å². The first kappa shape index (κ1) is 17.2. The Hall–Kier alpha value is -2.60. The van der Waals surface area contributed by atoms with Crippen molar-refractivity contribution in [3.8, 4) is 0 Å². The maximum Gasteiger partial charge on any atom is 0.254 e. The summed E-state index contributed by atoms with van der Waals surface area (Å²) in [7, 11) is -1.69. The molecule has 130 valence electrons. The van der Waals surface area contributed by atoms with Gasteiger partial charge in [-0.25, -0.2) is 8.42 Å². The number of nitrogens with zero attached hydrogens (tertiary/aromatic N) is 1. The number of amides is 1. The third-order valence-corrected chi connectivity index (χ3v) is 5.38. The first-order chi connectivity index (χ1) is 11.8. The van der Waals surface area contributed by atoms with E-state index in [9.17, 15) is 13.2 Å². The number of sulfone groups is 1. The molecule has 0 aliphatic rings. The smallest absolute Gasteiger partial charge is 0.254 e. The van der Waals surface area contributed by atoms with E-state index in [2.05, 4.69) is 0 Å². The Morgan fingerprint density at radius 2 is 1.80 bits per heavy atom. The molecule has 3 aromatic rings. The van der Waals surface area contributed by atoms with E-state index in [1.165, 1.54) is 12.1 Å². The van der Waals surface area contributed by atoms with Gasteiger partial charge < -0.3 is 9.32 Å². The van der Waals surface area contributed by atoms with Crippen LogP contribution in [0.25, 0.3) is 11.0 Å². The molecule has 0 saturated carbocycles. The maximum atomic E-state index is 12.7. The van der Waals surface area contributed by atoms with Gasteiger partial charge in [0, 0.05) is 24.3 Å². The molecule has 3 rings (SSSR count). The average molecular weight is 357 g/mol. The van der Waals surface area contributed by atoms with E-state index in [-0.39, 0.29) is 16.8 Å². The zero-order valence-electron chi connectivity index (χ0n) is 14.3. The number of para-hydroxylation sites is 1. The second-order valence-corrected chi connectivity index (χ2v) is 8.09. The molecule has 6 heteroatoms. The summed E-state index contributed by atoms with van der Waals surface area (Å²) in [6.07, 6.45) is 1.12. The monoisotopic (exact) mass is 357 g/mol. The highest BCUT2D eigenvalue weighted by Crippen LogP contribution is 2.27. The van der Waals surface area contributed by atoms with E-state index in [1.54, 1.807) is 24.1 Å². The molecule has 0 saturated heterocycles. The van der Waals surface area contributed by atoms with Crippen molar-refractivity contribution in [3.05, 3.63) is 65.9 Å². The van der Waals surface area contributed by atoms with Crippen molar-refractivity contribution in [3.63, 3.8) is 0 Å². The molecule has 1 heterocycles. The summed E-state index contributed by atoms with van der Waals surface area (Å²) in [5.41, 5.74) is 1.10. The van der Waals surface area contributed by atoms with Gasteiger partial charge in [-0.3, -0.25) is 4.79 Å². The average Bonchev–Trinajstić information content (AvgIpc) is 3.03. The number of fused-ring (bicyclic) bond motifs is 1. The number of hydrogen-bond acceptors (Lipinski definition) is 4. The van der Waals surface area contributed by atoms with Crippen LogP contribution in [0.2, 0.25) is 0 Å². The number of hydrogen-bond donors (Lipinski definition) is 0. The Morgan fingerprint density at radius 1 is 1.08 bits per heavy atom.